The summed E-state index contributed by atoms with van der Waals surface area (Å²) in [4.78, 5) is 0. The fourth-order valence-corrected chi connectivity index (χ4v) is 3.42. The highest BCUT2D eigenvalue weighted by Gasteiger charge is 2.27. The number of hydrogen-bond donors (Lipinski definition) is 1. The molecule has 2 aliphatic rings. The zero-order valence-corrected chi connectivity index (χ0v) is 10.5. The first-order valence-electron chi connectivity index (χ1n) is 6.75. The average molecular weight is 231 g/mol. The largest absolute Gasteiger partial charge is 0.496 e. The topological polar surface area (TPSA) is 21.3 Å². The van der Waals surface area contributed by atoms with Crippen LogP contribution in [-0.4, -0.2) is 19.7 Å². The molecule has 17 heavy (non-hydrogen) atoms. The van der Waals surface area contributed by atoms with Crippen LogP contribution in [0.15, 0.2) is 18.2 Å². The molecule has 0 spiro atoms. The van der Waals surface area contributed by atoms with Crippen molar-refractivity contribution in [2.45, 2.75) is 38.1 Å². The van der Waals surface area contributed by atoms with Crippen molar-refractivity contribution in [3.63, 3.8) is 0 Å². The van der Waals surface area contributed by atoms with Gasteiger partial charge in [0.1, 0.15) is 5.75 Å². The molecule has 1 saturated heterocycles. The van der Waals surface area contributed by atoms with E-state index in [9.17, 15) is 0 Å². The number of hydrogen-bond acceptors (Lipinski definition) is 2. The second-order valence-corrected chi connectivity index (χ2v) is 5.40. The second-order valence-electron chi connectivity index (χ2n) is 5.40. The first-order valence-corrected chi connectivity index (χ1v) is 6.75. The Balaban J connectivity index is 1.69. The van der Waals surface area contributed by atoms with Gasteiger partial charge in [0.15, 0.2) is 0 Å². The molecular weight excluding hydrogens is 210 g/mol. The molecule has 1 N–H and O–H groups in total. The van der Waals surface area contributed by atoms with Gasteiger partial charge in [-0.1, -0.05) is 12.1 Å². The molecule has 1 fully saturated rings. The Bertz CT molecular complexity index is 396. The first-order chi connectivity index (χ1) is 8.36. The Morgan fingerprint density at radius 2 is 2.29 bits per heavy atom. The Kier molecular flexibility index (Phi) is 3.06. The van der Waals surface area contributed by atoms with Gasteiger partial charge in [0.2, 0.25) is 0 Å². The van der Waals surface area contributed by atoms with Crippen LogP contribution in [0, 0.1) is 5.92 Å². The monoisotopic (exact) mass is 231 g/mol. The molecule has 1 aliphatic heterocycles. The minimum Gasteiger partial charge on any atom is -0.496 e. The zero-order chi connectivity index (χ0) is 11.7. The predicted molar refractivity (Wildman–Crippen MR) is 69.5 cm³/mol. The molecule has 92 valence electrons. The van der Waals surface area contributed by atoms with Crippen molar-refractivity contribution >= 4 is 0 Å². The molecule has 1 aliphatic carbocycles. The SMILES string of the molecule is COc1cccc2c1CC(CC1CCCN1)C2. The van der Waals surface area contributed by atoms with Crippen LogP contribution in [0.25, 0.3) is 0 Å². The fraction of sp³-hybridized carbons (Fsp3) is 0.600. The summed E-state index contributed by atoms with van der Waals surface area (Å²) in [5.41, 5.74) is 2.96. The standard InChI is InChI=1S/C15H21NO/c1-17-15-6-2-4-12-8-11(10-14(12)15)9-13-5-3-7-16-13/h2,4,6,11,13,16H,3,5,7-10H2,1H3. The Hall–Kier alpha value is -1.02. The van der Waals surface area contributed by atoms with Crippen molar-refractivity contribution in [1.82, 2.24) is 5.32 Å². The molecule has 0 radical (unpaired) electrons. The lowest BCUT2D eigenvalue weighted by molar-refractivity contribution is 0.400. The molecule has 1 heterocycles. The summed E-state index contributed by atoms with van der Waals surface area (Å²) in [5, 5.41) is 3.61. The molecule has 0 aromatic heterocycles. The number of nitrogens with one attached hydrogen (secondary N) is 1. The van der Waals surface area contributed by atoms with Gasteiger partial charge in [0.25, 0.3) is 0 Å². The molecule has 2 heteroatoms. The quantitative estimate of drug-likeness (QED) is 0.863. The van der Waals surface area contributed by atoms with E-state index in [4.69, 9.17) is 4.74 Å². The van der Waals surface area contributed by atoms with E-state index in [2.05, 4.69) is 23.5 Å². The van der Waals surface area contributed by atoms with Gasteiger partial charge in [-0.15, -0.1) is 0 Å². The van der Waals surface area contributed by atoms with Crippen LogP contribution in [0.5, 0.6) is 5.75 Å². The third-order valence-corrected chi connectivity index (χ3v) is 4.23. The van der Waals surface area contributed by atoms with Crippen LogP contribution in [0.3, 0.4) is 0 Å². The fourth-order valence-electron chi connectivity index (χ4n) is 3.42. The Labute approximate surface area is 103 Å². The molecule has 0 amide bonds. The van der Waals surface area contributed by atoms with Crippen molar-refractivity contribution in [3.8, 4) is 5.75 Å². The van der Waals surface area contributed by atoms with Crippen LogP contribution in [0.2, 0.25) is 0 Å². The van der Waals surface area contributed by atoms with Gasteiger partial charge < -0.3 is 10.1 Å². The first kappa shape index (κ1) is 11.1. The Morgan fingerprint density at radius 1 is 1.35 bits per heavy atom. The number of fused-ring (bicyclic) bond motifs is 1. The lowest BCUT2D eigenvalue weighted by Crippen LogP contribution is -2.24. The van der Waals surface area contributed by atoms with E-state index in [0.717, 1.165) is 17.7 Å². The number of methoxy groups -OCH3 is 1. The van der Waals surface area contributed by atoms with Crippen LogP contribution in [-0.2, 0) is 12.8 Å². The maximum atomic E-state index is 5.46. The van der Waals surface area contributed by atoms with Gasteiger partial charge in [-0.05, 0) is 61.8 Å². The summed E-state index contributed by atoms with van der Waals surface area (Å²) >= 11 is 0. The normalized spacial score (nSPS) is 27.1. The minimum atomic E-state index is 0.764. The van der Waals surface area contributed by atoms with Crippen molar-refractivity contribution in [2.75, 3.05) is 13.7 Å². The number of ether oxygens (including phenoxy) is 1. The van der Waals surface area contributed by atoms with Crippen molar-refractivity contribution in [1.29, 1.82) is 0 Å². The average Bonchev–Trinajstić information content (AvgIpc) is 2.97. The van der Waals surface area contributed by atoms with Gasteiger partial charge >= 0.3 is 0 Å². The van der Waals surface area contributed by atoms with Gasteiger partial charge in [0, 0.05) is 6.04 Å². The smallest absolute Gasteiger partial charge is 0.122 e. The molecule has 0 bridgehead atoms. The highest BCUT2D eigenvalue weighted by molar-refractivity contribution is 5.43. The number of benzene rings is 1. The van der Waals surface area contributed by atoms with E-state index in [1.54, 1.807) is 7.11 Å². The predicted octanol–water partition coefficient (Wildman–Crippen LogP) is 2.55. The van der Waals surface area contributed by atoms with Crippen LogP contribution < -0.4 is 10.1 Å². The van der Waals surface area contributed by atoms with E-state index >= 15 is 0 Å². The van der Waals surface area contributed by atoms with Gasteiger partial charge in [-0.2, -0.15) is 0 Å². The summed E-state index contributed by atoms with van der Waals surface area (Å²) in [6.07, 6.45) is 6.50. The highest BCUT2D eigenvalue weighted by Crippen LogP contribution is 2.36. The molecule has 1 aromatic rings. The molecule has 2 atom stereocenters. The molecule has 1 aromatic carbocycles. The summed E-state index contributed by atoms with van der Waals surface area (Å²) in [6.45, 7) is 1.22. The highest BCUT2D eigenvalue weighted by atomic mass is 16.5. The van der Waals surface area contributed by atoms with Crippen LogP contribution in [0.4, 0.5) is 0 Å². The van der Waals surface area contributed by atoms with Crippen molar-refractivity contribution in [2.24, 2.45) is 5.92 Å². The van der Waals surface area contributed by atoms with Crippen molar-refractivity contribution in [3.05, 3.63) is 29.3 Å². The Morgan fingerprint density at radius 3 is 3.06 bits per heavy atom. The third kappa shape index (κ3) is 2.19. The summed E-state index contributed by atoms with van der Waals surface area (Å²) in [7, 11) is 1.78. The van der Waals surface area contributed by atoms with E-state index < -0.39 is 0 Å². The molecule has 2 nitrogen and oxygen atoms in total. The maximum absolute atomic E-state index is 5.46. The third-order valence-electron chi connectivity index (χ3n) is 4.23. The lowest BCUT2D eigenvalue weighted by Gasteiger charge is -2.15. The van der Waals surface area contributed by atoms with Crippen molar-refractivity contribution < 1.29 is 4.74 Å². The lowest BCUT2D eigenvalue weighted by atomic mass is 9.96. The van der Waals surface area contributed by atoms with Crippen LogP contribution in [0.1, 0.15) is 30.4 Å². The summed E-state index contributed by atoms with van der Waals surface area (Å²) in [6, 6.07) is 7.24. The molecule has 0 saturated carbocycles. The van der Waals surface area contributed by atoms with E-state index in [1.165, 1.54) is 49.8 Å². The van der Waals surface area contributed by atoms with Gasteiger partial charge in [0.05, 0.1) is 7.11 Å². The van der Waals surface area contributed by atoms with Gasteiger partial charge in [-0.25, -0.2) is 0 Å². The molecule has 3 rings (SSSR count). The minimum absolute atomic E-state index is 0.764. The van der Waals surface area contributed by atoms with Crippen LogP contribution >= 0.6 is 0 Å². The van der Waals surface area contributed by atoms with Gasteiger partial charge in [-0.3, -0.25) is 0 Å². The second kappa shape index (κ2) is 4.69. The summed E-state index contributed by atoms with van der Waals surface area (Å²) < 4.78 is 5.46. The number of rotatable bonds is 3. The maximum Gasteiger partial charge on any atom is 0.122 e. The van der Waals surface area contributed by atoms with E-state index in [-0.39, 0.29) is 0 Å². The summed E-state index contributed by atoms with van der Waals surface area (Å²) in [5.74, 6) is 1.90. The van der Waals surface area contributed by atoms with E-state index in [0.29, 0.717) is 0 Å². The van der Waals surface area contributed by atoms with E-state index in [1.807, 2.05) is 0 Å². The molecule has 2 unspecified atom stereocenters. The zero-order valence-electron chi connectivity index (χ0n) is 10.5. The molecular formula is C15H21NO.